The second-order valence-corrected chi connectivity index (χ2v) is 7.94. The van der Waals surface area contributed by atoms with Gasteiger partial charge in [-0.1, -0.05) is 65.7 Å². The molecule has 1 aromatic heterocycles. The molecule has 4 aromatic rings. The Balaban J connectivity index is 1.63. The smallest absolute Gasteiger partial charge is 0.345 e. The lowest BCUT2D eigenvalue weighted by molar-refractivity contribution is 0.559. The van der Waals surface area contributed by atoms with Crippen LogP contribution in [0.5, 0.6) is 0 Å². The molecule has 1 atom stereocenters. The zero-order valence-corrected chi connectivity index (χ0v) is 17.3. The third kappa shape index (κ3) is 3.38. The van der Waals surface area contributed by atoms with Crippen LogP contribution in [-0.4, -0.2) is 5.71 Å². The van der Waals surface area contributed by atoms with Gasteiger partial charge in [0.05, 0.1) is 23.0 Å². The molecular formula is C24H16Cl2N2O2. The van der Waals surface area contributed by atoms with Crippen LogP contribution in [-0.2, 0) is 0 Å². The minimum absolute atomic E-state index is 0.168. The summed E-state index contributed by atoms with van der Waals surface area (Å²) in [7, 11) is 0. The Labute approximate surface area is 183 Å². The lowest BCUT2D eigenvalue weighted by Gasteiger charge is -2.24. The molecule has 0 radical (unpaired) electrons. The van der Waals surface area contributed by atoms with Crippen LogP contribution in [0.25, 0.3) is 11.0 Å². The zero-order chi connectivity index (χ0) is 20.7. The molecule has 5 rings (SSSR count). The highest BCUT2D eigenvalue weighted by Gasteiger charge is 2.32. The normalized spacial score (nSPS) is 16.1. The van der Waals surface area contributed by atoms with Crippen molar-refractivity contribution in [3.8, 4) is 0 Å². The summed E-state index contributed by atoms with van der Waals surface area (Å²) in [5.74, 6) is 0. The monoisotopic (exact) mass is 434 g/mol. The largest absolute Gasteiger partial charge is 0.422 e. The maximum absolute atomic E-state index is 12.7. The molecule has 0 unspecified atom stereocenters. The molecule has 3 aromatic carbocycles. The summed E-state index contributed by atoms with van der Waals surface area (Å²) < 4.78 is 5.53. The summed E-state index contributed by atoms with van der Waals surface area (Å²) >= 11 is 12.6. The summed E-state index contributed by atoms with van der Waals surface area (Å²) in [5, 5.41) is 8.71. The quantitative estimate of drug-likeness (QED) is 0.347. The molecule has 0 spiro atoms. The van der Waals surface area contributed by atoms with Gasteiger partial charge in [0.1, 0.15) is 5.58 Å². The van der Waals surface area contributed by atoms with Crippen LogP contribution in [0, 0.1) is 0 Å². The predicted octanol–water partition coefficient (Wildman–Crippen LogP) is 6.46. The molecule has 1 aliphatic heterocycles. The standard InChI is InChI=1S/C24H16Cl2N2O2/c25-16-10-11-18(20(26)13-16)22-14-21(27-28(22)17-7-2-1-3-8-17)19-12-15-6-4-5-9-23(15)30-24(19)29/h1-13,22H,14H2/t22-/m0/s1. The van der Waals surface area contributed by atoms with Gasteiger partial charge in [0, 0.05) is 21.9 Å². The van der Waals surface area contributed by atoms with Crippen molar-refractivity contribution in [1.82, 2.24) is 0 Å². The van der Waals surface area contributed by atoms with Crippen LogP contribution >= 0.6 is 23.2 Å². The molecule has 0 amide bonds. The van der Waals surface area contributed by atoms with Crippen LogP contribution in [0.1, 0.15) is 23.6 Å². The van der Waals surface area contributed by atoms with Gasteiger partial charge in [-0.05, 0) is 42.0 Å². The van der Waals surface area contributed by atoms with E-state index in [-0.39, 0.29) is 6.04 Å². The lowest BCUT2D eigenvalue weighted by atomic mass is 9.98. The first-order chi connectivity index (χ1) is 14.6. The minimum Gasteiger partial charge on any atom is -0.422 e. The molecule has 30 heavy (non-hydrogen) atoms. The van der Waals surface area contributed by atoms with E-state index in [0.717, 1.165) is 16.6 Å². The Hall–Kier alpha value is -3.08. The number of benzene rings is 3. The van der Waals surface area contributed by atoms with Gasteiger partial charge < -0.3 is 4.42 Å². The number of halogens is 2. The average molecular weight is 435 g/mol. The number of rotatable bonds is 3. The molecule has 148 valence electrons. The Morgan fingerprint density at radius 3 is 2.50 bits per heavy atom. The lowest BCUT2D eigenvalue weighted by Crippen LogP contribution is -2.19. The van der Waals surface area contributed by atoms with Crippen LogP contribution < -0.4 is 10.6 Å². The van der Waals surface area contributed by atoms with Crippen molar-refractivity contribution in [1.29, 1.82) is 0 Å². The van der Waals surface area contributed by atoms with Gasteiger partial charge in [0.15, 0.2) is 0 Å². The molecule has 6 heteroatoms. The zero-order valence-electron chi connectivity index (χ0n) is 15.8. The van der Waals surface area contributed by atoms with E-state index < -0.39 is 5.63 Å². The molecule has 0 saturated heterocycles. The molecular weight excluding hydrogens is 419 g/mol. The van der Waals surface area contributed by atoms with Crippen molar-refractivity contribution in [2.24, 2.45) is 5.10 Å². The topological polar surface area (TPSA) is 45.8 Å². The van der Waals surface area contributed by atoms with Crippen molar-refractivity contribution >= 4 is 45.6 Å². The van der Waals surface area contributed by atoms with E-state index in [1.54, 1.807) is 12.1 Å². The number of hydrogen-bond donors (Lipinski definition) is 0. The van der Waals surface area contributed by atoms with Gasteiger partial charge in [0.25, 0.3) is 0 Å². The highest BCUT2D eigenvalue weighted by molar-refractivity contribution is 6.35. The van der Waals surface area contributed by atoms with Crippen LogP contribution in [0.2, 0.25) is 10.0 Å². The van der Waals surface area contributed by atoms with Crippen molar-refractivity contribution in [2.45, 2.75) is 12.5 Å². The molecule has 2 heterocycles. The van der Waals surface area contributed by atoms with Gasteiger partial charge in [0.2, 0.25) is 0 Å². The molecule has 0 fully saturated rings. The van der Waals surface area contributed by atoms with E-state index in [0.29, 0.717) is 33.3 Å². The Bertz CT molecular complexity index is 1330. The number of anilines is 1. The fourth-order valence-corrected chi connectivity index (χ4v) is 4.30. The van der Waals surface area contributed by atoms with Crippen molar-refractivity contribution in [2.75, 3.05) is 5.01 Å². The minimum atomic E-state index is -0.400. The molecule has 0 N–H and O–H groups in total. The fraction of sp³-hybridized carbons (Fsp3) is 0.0833. The van der Waals surface area contributed by atoms with Gasteiger partial charge in [-0.15, -0.1) is 0 Å². The summed E-state index contributed by atoms with van der Waals surface area (Å²) in [5.41, 5.74) is 3.09. The molecule has 0 bridgehead atoms. The highest BCUT2D eigenvalue weighted by Crippen LogP contribution is 2.39. The van der Waals surface area contributed by atoms with Gasteiger partial charge in [-0.25, -0.2) is 4.79 Å². The Morgan fingerprint density at radius 1 is 0.933 bits per heavy atom. The van der Waals surface area contributed by atoms with Crippen molar-refractivity contribution in [3.05, 3.63) is 110 Å². The number of nitrogens with zero attached hydrogens (tertiary/aromatic N) is 2. The third-order valence-electron chi connectivity index (χ3n) is 5.20. The van der Waals surface area contributed by atoms with Gasteiger partial charge >= 0.3 is 5.63 Å². The SMILES string of the molecule is O=c1oc2ccccc2cc1C1=NN(c2ccccc2)[C@H](c2ccc(Cl)cc2Cl)C1. The summed E-state index contributed by atoms with van der Waals surface area (Å²) in [6, 6.07) is 24.4. The molecule has 4 nitrogen and oxygen atoms in total. The highest BCUT2D eigenvalue weighted by atomic mass is 35.5. The average Bonchev–Trinajstić information content (AvgIpc) is 3.18. The number of para-hydroxylation sites is 2. The third-order valence-corrected chi connectivity index (χ3v) is 5.77. The van der Waals surface area contributed by atoms with E-state index in [4.69, 9.17) is 32.7 Å². The van der Waals surface area contributed by atoms with E-state index in [2.05, 4.69) is 0 Å². The van der Waals surface area contributed by atoms with E-state index in [9.17, 15) is 4.79 Å². The first-order valence-corrected chi connectivity index (χ1v) is 10.3. The van der Waals surface area contributed by atoms with Crippen LogP contribution in [0.15, 0.2) is 93.2 Å². The number of hydrazone groups is 1. The summed E-state index contributed by atoms with van der Waals surface area (Å²) in [4.78, 5) is 12.7. The van der Waals surface area contributed by atoms with E-state index in [1.165, 1.54) is 0 Å². The molecule has 0 saturated carbocycles. The Morgan fingerprint density at radius 2 is 1.70 bits per heavy atom. The number of hydrogen-bond acceptors (Lipinski definition) is 4. The van der Waals surface area contributed by atoms with Crippen molar-refractivity contribution in [3.63, 3.8) is 0 Å². The Kier molecular flexibility index (Phi) is 4.81. The summed E-state index contributed by atoms with van der Waals surface area (Å²) in [6.45, 7) is 0. The summed E-state index contributed by atoms with van der Waals surface area (Å²) in [6.07, 6.45) is 0.513. The van der Waals surface area contributed by atoms with Crippen LogP contribution in [0.4, 0.5) is 5.69 Å². The van der Waals surface area contributed by atoms with Gasteiger partial charge in [-0.3, -0.25) is 5.01 Å². The number of fused-ring (bicyclic) bond motifs is 1. The second-order valence-electron chi connectivity index (χ2n) is 7.10. The maximum atomic E-state index is 12.7. The fourth-order valence-electron chi connectivity index (χ4n) is 3.77. The first-order valence-electron chi connectivity index (χ1n) is 9.50. The first kappa shape index (κ1) is 18.9. The van der Waals surface area contributed by atoms with Gasteiger partial charge in [-0.2, -0.15) is 5.10 Å². The molecule has 0 aliphatic carbocycles. The molecule has 1 aliphatic rings. The van der Waals surface area contributed by atoms with E-state index >= 15 is 0 Å². The van der Waals surface area contributed by atoms with E-state index in [1.807, 2.05) is 71.7 Å². The second kappa shape index (κ2) is 7.63. The maximum Gasteiger partial charge on any atom is 0.345 e. The van der Waals surface area contributed by atoms with Crippen molar-refractivity contribution < 1.29 is 4.42 Å². The predicted molar refractivity (Wildman–Crippen MR) is 122 cm³/mol. The van der Waals surface area contributed by atoms with Crippen LogP contribution in [0.3, 0.4) is 0 Å².